The van der Waals surface area contributed by atoms with Crippen LogP contribution in [0.25, 0.3) is 0 Å². The maximum Gasteiger partial charge on any atom is 0.271 e. The van der Waals surface area contributed by atoms with Gasteiger partial charge in [-0.25, -0.2) is 4.98 Å². The highest BCUT2D eigenvalue weighted by molar-refractivity contribution is 5.29. The molecule has 0 bridgehead atoms. The van der Waals surface area contributed by atoms with Crippen molar-refractivity contribution in [2.75, 3.05) is 13.2 Å². The fourth-order valence-electron chi connectivity index (χ4n) is 3.19. The van der Waals surface area contributed by atoms with E-state index in [2.05, 4.69) is 4.98 Å². The number of nitriles is 1. The lowest BCUT2D eigenvalue weighted by molar-refractivity contribution is -0.123. The third-order valence-corrected chi connectivity index (χ3v) is 4.36. The second-order valence-electron chi connectivity index (χ2n) is 5.89. The van der Waals surface area contributed by atoms with Crippen molar-refractivity contribution in [3.05, 3.63) is 27.9 Å². The number of hydrogen-bond acceptors (Lipinski definition) is 5. The molecule has 2 atom stereocenters. The molecule has 0 N–H and O–H groups in total. The van der Waals surface area contributed by atoms with Crippen LogP contribution in [0.3, 0.4) is 0 Å². The Morgan fingerprint density at radius 2 is 2.43 bits per heavy atom. The predicted molar refractivity (Wildman–Crippen MR) is 74.8 cm³/mol. The predicted octanol–water partition coefficient (Wildman–Crippen LogP) is 1.15. The molecule has 0 aromatic carbocycles. The molecule has 1 spiro atoms. The van der Waals surface area contributed by atoms with Gasteiger partial charge in [0.2, 0.25) is 0 Å². The summed E-state index contributed by atoms with van der Waals surface area (Å²) in [5, 5.41) is 9.03. The van der Waals surface area contributed by atoms with Crippen molar-refractivity contribution in [1.29, 1.82) is 5.26 Å². The number of aromatic nitrogens is 2. The van der Waals surface area contributed by atoms with Crippen molar-refractivity contribution in [1.82, 2.24) is 9.55 Å². The van der Waals surface area contributed by atoms with Gasteiger partial charge in [-0.15, -0.1) is 0 Å². The van der Waals surface area contributed by atoms with Crippen LogP contribution in [0.5, 0.6) is 0 Å². The normalized spacial score (nSPS) is 28.7. The van der Waals surface area contributed by atoms with Crippen LogP contribution in [-0.2, 0) is 16.0 Å². The highest BCUT2D eigenvalue weighted by atomic mass is 16.6. The summed E-state index contributed by atoms with van der Waals surface area (Å²) in [6.07, 6.45) is 5.42. The van der Waals surface area contributed by atoms with Crippen molar-refractivity contribution in [2.45, 2.75) is 50.9 Å². The summed E-state index contributed by atoms with van der Waals surface area (Å²) in [4.78, 5) is 16.3. The van der Waals surface area contributed by atoms with Crippen LogP contribution in [0.1, 0.15) is 36.9 Å². The zero-order valence-electron chi connectivity index (χ0n) is 12.2. The average molecular weight is 289 g/mol. The van der Waals surface area contributed by atoms with Gasteiger partial charge in [0, 0.05) is 6.61 Å². The van der Waals surface area contributed by atoms with Crippen molar-refractivity contribution < 1.29 is 9.47 Å². The van der Waals surface area contributed by atoms with Crippen LogP contribution in [0, 0.1) is 18.3 Å². The monoisotopic (exact) mass is 289 g/mol. The average Bonchev–Trinajstić information content (AvgIpc) is 2.86. The molecule has 6 heteroatoms. The quantitative estimate of drug-likeness (QED) is 0.816. The van der Waals surface area contributed by atoms with Crippen LogP contribution in [0.2, 0.25) is 0 Å². The highest BCUT2D eigenvalue weighted by Crippen LogP contribution is 2.37. The Morgan fingerprint density at radius 1 is 1.57 bits per heavy atom. The number of aryl methyl sites for hydroxylation is 1. The summed E-state index contributed by atoms with van der Waals surface area (Å²) in [5.41, 5.74) is 0.145. The third-order valence-electron chi connectivity index (χ3n) is 4.36. The molecule has 0 amide bonds. The molecule has 1 aromatic heterocycles. The SMILES string of the molecule is Cc1ncn(CC2CCC3(CCCOC3)O2)c(=O)c1C#N. The largest absolute Gasteiger partial charge is 0.378 e. The molecule has 3 heterocycles. The summed E-state index contributed by atoms with van der Waals surface area (Å²) in [5.74, 6) is 0. The first kappa shape index (κ1) is 14.2. The first-order valence-electron chi connectivity index (χ1n) is 7.35. The van der Waals surface area contributed by atoms with E-state index in [0.29, 0.717) is 18.8 Å². The van der Waals surface area contributed by atoms with Gasteiger partial charge in [-0.05, 0) is 32.6 Å². The number of nitrogens with zero attached hydrogens (tertiary/aromatic N) is 3. The molecule has 1 aromatic rings. The number of rotatable bonds is 2. The van der Waals surface area contributed by atoms with Crippen molar-refractivity contribution in [2.24, 2.45) is 0 Å². The number of ether oxygens (including phenoxy) is 2. The third kappa shape index (κ3) is 2.71. The van der Waals surface area contributed by atoms with Gasteiger partial charge >= 0.3 is 0 Å². The van der Waals surface area contributed by atoms with E-state index in [1.807, 2.05) is 6.07 Å². The fourth-order valence-corrected chi connectivity index (χ4v) is 3.19. The second-order valence-corrected chi connectivity index (χ2v) is 5.89. The molecule has 3 rings (SSSR count). The van der Waals surface area contributed by atoms with Gasteiger partial charge in [0.1, 0.15) is 11.6 Å². The highest BCUT2D eigenvalue weighted by Gasteiger charge is 2.41. The summed E-state index contributed by atoms with van der Waals surface area (Å²) in [6, 6.07) is 1.93. The van der Waals surface area contributed by atoms with E-state index in [0.717, 1.165) is 32.3 Å². The lowest BCUT2D eigenvalue weighted by Gasteiger charge is -2.33. The van der Waals surface area contributed by atoms with Crippen LogP contribution in [0.4, 0.5) is 0 Å². The van der Waals surface area contributed by atoms with Crippen LogP contribution in [-0.4, -0.2) is 34.5 Å². The Labute approximate surface area is 123 Å². The molecule has 0 saturated carbocycles. The fraction of sp³-hybridized carbons (Fsp3) is 0.667. The minimum absolute atomic E-state index is 0.0135. The molecular formula is C15H19N3O3. The lowest BCUT2D eigenvalue weighted by Crippen LogP contribution is -2.39. The molecule has 2 unspecified atom stereocenters. The van der Waals surface area contributed by atoms with Crippen LogP contribution < -0.4 is 5.56 Å². The van der Waals surface area contributed by atoms with Crippen LogP contribution >= 0.6 is 0 Å². The Kier molecular flexibility index (Phi) is 3.79. The molecule has 2 fully saturated rings. The summed E-state index contributed by atoms with van der Waals surface area (Å²) >= 11 is 0. The standard InChI is InChI=1S/C15H19N3O3/c1-11-13(7-16)14(19)18(10-17-11)8-12-3-5-15(21-12)4-2-6-20-9-15/h10,12H,2-6,8-9H2,1H3. The first-order chi connectivity index (χ1) is 10.1. The van der Waals surface area contributed by atoms with E-state index < -0.39 is 0 Å². The molecular weight excluding hydrogens is 270 g/mol. The van der Waals surface area contributed by atoms with Gasteiger partial charge in [-0.1, -0.05) is 0 Å². The Balaban J connectivity index is 1.74. The smallest absolute Gasteiger partial charge is 0.271 e. The molecule has 0 radical (unpaired) electrons. The molecule has 2 saturated heterocycles. The van der Waals surface area contributed by atoms with Gasteiger partial charge in [-0.2, -0.15) is 5.26 Å². The molecule has 6 nitrogen and oxygen atoms in total. The van der Waals surface area contributed by atoms with Crippen molar-refractivity contribution >= 4 is 0 Å². The van der Waals surface area contributed by atoms with E-state index in [4.69, 9.17) is 14.7 Å². The maximum absolute atomic E-state index is 12.2. The van der Waals surface area contributed by atoms with Crippen molar-refractivity contribution in [3.63, 3.8) is 0 Å². The molecule has 2 aliphatic heterocycles. The molecule has 112 valence electrons. The van der Waals surface area contributed by atoms with Gasteiger partial charge in [-0.3, -0.25) is 9.36 Å². The summed E-state index contributed by atoms with van der Waals surface area (Å²) in [7, 11) is 0. The Hall–Kier alpha value is -1.71. The van der Waals surface area contributed by atoms with E-state index in [1.54, 1.807) is 6.92 Å². The maximum atomic E-state index is 12.2. The van der Waals surface area contributed by atoms with Gasteiger partial charge in [0.25, 0.3) is 5.56 Å². The van der Waals surface area contributed by atoms with Gasteiger partial charge < -0.3 is 9.47 Å². The Morgan fingerprint density at radius 3 is 3.14 bits per heavy atom. The lowest BCUT2D eigenvalue weighted by atomic mass is 9.93. The van der Waals surface area contributed by atoms with E-state index in [-0.39, 0.29) is 22.8 Å². The topological polar surface area (TPSA) is 77.1 Å². The van der Waals surface area contributed by atoms with E-state index in [1.165, 1.54) is 10.9 Å². The number of hydrogen-bond donors (Lipinski definition) is 0. The Bertz CT molecular complexity index is 626. The summed E-state index contributed by atoms with van der Waals surface area (Å²) < 4.78 is 13.2. The molecule has 21 heavy (non-hydrogen) atoms. The van der Waals surface area contributed by atoms with E-state index >= 15 is 0 Å². The second kappa shape index (κ2) is 5.58. The van der Waals surface area contributed by atoms with E-state index in [9.17, 15) is 4.79 Å². The minimum Gasteiger partial charge on any atom is -0.378 e. The first-order valence-corrected chi connectivity index (χ1v) is 7.35. The summed E-state index contributed by atoms with van der Waals surface area (Å²) in [6.45, 7) is 3.57. The zero-order valence-corrected chi connectivity index (χ0v) is 12.2. The molecule has 0 aliphatic carbocycles. The van der Waals surface area contributed by atoms with Crippen molar-refractivity contribution in [3.8, 4) is 6.07 Å². The minimum atomic E-state index is -0.283. The van der Waals surface area contributed by atoms with Gasteiger partial charge in [0.15, 0.2) is 0 Å². The van der Waals surface area contributed by atoms with Gasteiger partial charge in [0.05, 0.1) is 36.9 Å². The molecule has 2 aliphatic rings. The zero-order chi connectivity index (χ0) is 14.9. The van der Waals surface area contributed by atoms with Crippen LogP contribution in [0.15, 0.2) is 11.1 Å².